The number of ether oxygens (including phenoxy) is 1. The quantitative estimate of drug-likeness (QED) is 0.801. The third kappa shape index (κ3) is 4.82. The lowest BCUT2D eigenvalue weighted by atomic mass is 9.81. The van der Waals surface area contributed by atoms with E-state index in [2.05, 4.69) is 15.3 Å². The van der Waals surface area contributed by atoms with Gasteiger partial charge in [0.15, 0.2) is 0 Å². The van der Waals surface area contributed by atoms with E-state index in [1.807, 2.05) is 0 Å². The Hall–Kier alpha value is -1.85. The van der Waals surface area contributed by atoms with Crippen molar-refractivity contribution in [3.05, 3.63) is 12.4 Å². The molecule has 0 radical (unpaired) electrons. The van der Waals surface area contributed by atoms with Crippen LogP contribution in [0, 0.1) is 17.8 Å². The van der Waals surface area contributed by atoms with E-state index in [4.69, 9.17) is 10.5 Å². The molecule has 0 spiro atoms. The minimum Gasteiger partial charge on any atom is -0.476 e. The Bertz CT molecular complexity index is 538. The molecule has 2 saturated carbocycles. The van der Waals surface area contributed by atoms with Gasteiger partial charge in [0.2, 0.25) is 11.8 Å². The molecule has 2 aliphatic carbocycles. The van der Waals surface area contributed by atoms with Crippen LogP contribution in [0.1, 0.15) is 51.4 Å². The fourth-order valence-electron chi connectivity index (χ4n) is 3.78. The summed E-state index contributed by atoms with van der Waals surface area (Å²) in [5.41, 5.74) is 5.38. The molecule has 0 aliphatic heterocycles. The second-order valence-electron chi connectivity index (χ2n) is 7.20. The molecule has 3 rings (SSSR count). The third-order valence-corrected chi connectivity index (χ3v) is 5.38. The number of hydrogen-bond donors (Lipinski definition) is 2. The van der Waals surface area contributed by atoms with E-state index in [0.29, 0.717) is 17.7 Å². The first-order valence-electron chi connectivity index (χ1n) is 9.18. The van der Waals surface area contributed by atoms with Crippen molar-refractivity contribution in [1.82, 2.24) is 9.97 Å². The molecule has 0 unspecified atom stereocenters. The standard InChI is InChI=1S/C18H28N4O2/c19-18(23)15-7-5-13(6-8-15)9-21-16-10-20-11-17(22-16)24-12-14-3-1-2-4-14/h10-11,13-15H,1-9,12H2,(H2,19,23)(H,21,22). The highest BCUT2D eigenvalue weighted by molar-refractivity contribution is 5.76. The Labute approximate surface area is 143 Å². The van der Waals surface area contributed by atoms with Gasteiger partial charge in [-0.3, -0.25) is 9.78 Å². The predicted octanol–water partition coefficient (Wildman–Crippen LogP) is 2.75. The monoisotopic (exact) mass is 332 g/mol. The number of nitrogens with one attached hydrogen (secondary N) is 1. The molecular weight excluding hydrogens is 304 g/mol. The number of carbonyl (C=O) groups is 1. The first-order chi connectivity index (χ1) is 11.7. The van der Waals surface area contributed by atoms with Crippen LogP contribution in [-0.4, -0.2) is 29.0 Å². The van der Waals surface area contributed by atoms with Gasteiger partial charge >= 0.3 is 0 Å². The summed E-state index contributed by atoms with van der Waals surface area (Å²) in [5.74, 6) is 2.50. The lowest BCUT2D eigenvalue weighted by molar-refractivity contribution is -0.122. The highest BCUT2D eigenvalue weighted by atomic mass is 16.5. The summed E-state index contributed by atoms with van der Waals surface area (Å²) in [6.45, 7) is 1.60. The van der Waals surface area contributed by atoms with Crippen molar-refractivity contribution >= 4 is 11.7 Å². The lowest BCUT2D eigenvalue weighted by Gasteiger charge is -2.26. The van der Waals surface area contributed by atoms with Gasteiger partial charge in [0.25, 0.3) is 0 Å². The molecule has 6 nitrogen and oxygen atoms in total. The van der Waals surface area contributed by atoms with Crippen molar-refractivity contribution in [2.75, 3.05) is 18.5 Å². The van der Waals surface area contributed by atoms with Crippen LogP contribution in [0.25, 0.3) is 0 Å². The van der Waals surface area contributed by atoms with Crippen molar-refractivity contribution in [1.29, 1.82) is 0 Å². The molecule has 2 aliphatic rings. The average molecular weight is 332 g/mol. The van der Waals surface area contributed by atoms with Crippen LogP contribution in [0.4, 0.5) is 5.82 Å². The average Bonchev–Trinajstić information content (AvgIpc) is 3.12. The van der Waals surface area contributed by atoms with Crippen molar-refractivity contribution in [3.8, 4) is 5.88 Å². The summed E-state index contributed by atoms with van der Waals surface area (Å²) in [7, 11) is 0. The summed E-state index contributed by atoms with van der Waals surface area (Å²) in [5, 5.41) is 3.36. The molecule has 1 aromatic rings. The van der Waals surface area contributed by atoms with Crippen LogP contribution < -0.4 is 15.8 Å². The van der Waals surface area contributed by atoms with Crippen molar-refractivity contribution < 1.29 is 9.53 Å². The van der Waals surface area contributed by atoms with Crippen LogP contribution >= 0.6 is 0 Å². The fraction of sp³-hybridized carbons (Fsp3) is 0.722. The molecule has 6 heteroatoms. The molecular formula is C18H28N4O2. The topological polar surface area (TPSA) is 90.1 Å². The van der Waals surface area contributed by atoms with E-state index in [-0.39, 0.29) is 11.8 Å². The first-order valence-corrected chi connectivity index (χ1v) is 9.18. The summed E-state index contributed by atoms with van der Waals surface area (Å²) < 4.78 is 5.80. The molecule has 1 aromatic heterocycles. The normalized spacial score (nSPS) is 24.7. The van der Waals surface area contributed by atoms with Crippen molar-refractivity contribution in [3.63, 3.8) is 0 Å². The van der Waals surface area contributed by atoms with Crippen LogP contribution in [-0.2, 0) is 4.79 Å². The van der Waals surface area contributed by atoms with E-state index in [9.17, 15) is 4.79 Å². The van der Waals surface area contributed by atoms with E-state index in [1.54, 1.807) is 12.4 Å². The van der Waals surface area contributed by atoms with Crippen LogP contribution in [0.3, 0.4) is 0 Å². The van der Waals surface area contributed by atoms with Gasteiger partial charge in [-0.1, -0.05) is 12.8 Å². The van der Waals surface area contributed by atoms with Crippen LogP contribution in [0.15, 0.2) is 12.4 Å². The number of primary amides is 1. The highest BCUT2D eigenvalue weighted by Gasteiger charge is 2.24. The van der Waals surface area contributed by atoms with Crippen LogP contribution in [0.2, 0.25) is 0 Å². The maximum atomic E-state index is 11.2. The second kappa shape index (κ2) is 8.31. The van der Waals surface area contributed by atoms with E-state index in [0.717, 1.165) is 44.7 Å². The summed E-state index contributed by atoms with van der Waals surface area (Å²) >= 11 is 0. The van der Waals surface area contributed by atoms with Gasteiger partial charge in [0, 0.05) is 12.5 Å². The first kappa shape index (κ1) is 17.0. The Morgan fingerprint density at radius 1 is 1.12 bits per heavy atom. The number of amides is 1. The molecule has 0 bridgehead atoms. The molecule has 2 fully saturated rings. The fourth-order valence-corrected chi connectivity index (χ4v) is 3.78. The number of carbonyl (C=O) groups excluding carboxylic acids is 1. The molecule has 0 saturated heterocycles. The number of hydrogen-bond acceptors (Lipinski definition) is 5. The van der Waals surface area contributed by atoms with Crippen molar-refractivity contribution in [2.24, 2.45) is 23.5 Å². The Morgan fingerprint density at radius 3 is 2.58 bits per heavy atom. The molecule has 3 N–H and O–H groups in total. The van der Waals surface area contributed by atoms with E-state index >= 15 is 0 Å². The largest absolute Gasteiger partial charge is 0.476 e. The lowest BCUT2D eigenvalue weighted by Crippen LogP contribution is -2.29. The van der Waals surface area contributed by atoms with Gasteiger partial charge in [-0.05, 0) is 50.4 Å². The second-order valence-corrected chi connectivity index (χ2v) is 7.20. The molecule has 1 heterocycles. The third-order valence-electron chi connectivity index (χ3n) is 5.38. The molecule has 24 heavy (non-hydrogen) atoms. The van der Waals surface area contributed by atoms with Gasteiger partial charge in [-0.15, -0.1) is 0 Å². The minimum absolute atomic E-state index is 0.0633. The van der Waals surface area contributed by atoms with Crippen LogP contribution in [0.5, 0.6) is 5.88 Å². The Balaban J connectivity index is 1.42. The highest BCUT2D eigenvalue weighted by Crippen LogP contribution is 2.29. The van der Waals surface area contributed by atoms with E-state index in [1.165, 1.54) is 25.7 Å². The zero-order chi connectivity index (χ0) is 16.8. The summed E-state index contributed by atoms with van der Waals surface area (Å²) in [6.07, 6.45) is 12.4. The molecule has 0 aromatic carbocycles. The summed E-state index contributed by atoms with van der Waals surface area (Å²) in [6, 6.07) is 0. The minimum atomic E-state index is -0.153. The maximum absolute atomic E-state index is 11.2. The summed E-state index contributed by atoms with van der Waals surface area (Å²) in [4.78, 5) is 19.9. The Morgan fingerprint density at radius 2 is 1.88 bits per heavy atom. The zero-order valence-electron chi connectivity index (χ0n) is 14.2. The zero-order valence-corrected chi connectivity index (χ0v) is 14.2. The number of anilines is 1. The number of nitrogens with two attached hydrogens (primary N) is 1. The number of aromatic nitrogens is 2. The SMILES string of the molecule is NC(=O)C1CCC(CNc2cncc(OCC3CCCC3)n2)CC1. The van der Waals surface area contributed by atoms with Crippen molar-refractivity contribution in [2.45, 2.75) is 51.4 Å². The number of nitrogens with zero attached hydrogens (tertiary/aromatic N) is 2. The number of rotatable bonds is 7. The van der Waals surface area contributed by atoms with E-state index < -0.39 is 0 Å². The molecule has 0 atom stereocenters. The smallest absolute Gasteiger partial charge is 0.234 e. The molecule has 132 valence electrons. The maximum Gasteiger partial charge on any atom is 0.234 e. The molecule has 1 amide bonds. The van der Waals surface area contributed by atoms with Gasteiger partial charge in [-0.2, -0.15) is 4.98 Å². The predicted molar refractivity (Wildman–Crippen MR) is 92.6 cm³/mol. The van der Waals surface area contributed by atoms with Gasteiger partial charge in [0.1, 0.15) is 5.82 Å². The van der Waals surface area contributed by atoms with Gasteiger partial charge in [0.05, 0.1) is 19.0 Å². The Kier molecular flexibility index (Phi) is 5.88. The van der Waals surface area contributed by atoms with Gasteiger partial charge < -0.3 is 15.8 Å². The van der Waals surface area contributed by atoms with Gasteiger partial charge in [-0.25, -0.2) is 0 Å².